The molecule has 1 saturated heterocycles. The summed E-state index contributed by atoms with van der Waals surface area (Å²) in [5, 5.41) is 9.37. The van der Waals surface area contributed by atoms with Gasteiger partial charge in [0.15, 0.2) is 6.61 Å². The molecule has 0 spiro atoms. The molecule has 1 fully saturated rings. The van der Waals surface area contributed by atoms with Crippen molar-refractivity contribution in [3.8, 4) is 5.75 Å². The summed E-state index contributed by atoms with van der Waals surface area (Å²) in [5.74, 6) is 0.801. The van der Waals surface area contributed by atoms with Gasteiger partial charge in [0.25, 0.3) is 5.91 Å². The number of hydrogen-bond acceptors (Lipinski definition) is 4. The van der Waals surface area contributed by atoms with Crippen LogP contribution in [-0.4, -0.2) is 66.2 Å². The van der Waals surface area contributed by atoms with E-state index in [4.69, 9.17) is 4.74 Å². The Bertz CT molecular complexity index is 521. The molecule has 128 valence electrons. The van der Waals surface area contributed by atoms with E-state index >= 15 is 0 Å². The highest BCUT2D eigenvalue weighted by molar-refractivity contribution is 5.78. The number of aliphatic hydroxyl groups is 1. The molecule has 1 aromatic rings. The number of ether oxygens (including phenoxy) is 1. The average molecular weight is 320 g/mol. The Balaban J connectivity index is 1.81. The minimum absolute atomic E-state index is 0.0293. The third kappa shape index (κ3) is 4.69. The normalized spacial score (nSPS) is 17.1. The van der Waals surface area contributed by atoms with Crippen LogP contribution in [0.2, 0.25) is 0 Å². The van der Waals surface area contributed by atoms with E-state index in [0.717, 1.165) is 30.8 Å². The molecule has 1 aliphatic heterocycles. The van der Waals surface area contributed by atoms with E-state index in [2.05, 4.69) is 17.9 Å². The van der Waals surface area contributed by atoms with Crippen molar-refractivity contribution >= 4 is 5.91 Å². The van der Waals surface area contributed by atoms with E-state index in [1.807, 2.05) is 30.9 Å². The van der Waals surface area contributed by atoms with Gasteiger partial charge in [-0.1, -0.05) is 24.6 Å². The van der Waals surface area contributed by atoms with Crippen LogP contribution < -0.4 is 4.74 Å². The van der Waals surface area contributed by atoms with E-state index in [9.17, 15) is 9.90 Å². The van der Waals surface area contributed by atoms with Crippen LogP contribution in [0.15, 0.2) is 18.2 Å². The SMILES string of the molecule is CCC(CO)N1CCN(C(=O)COc2ccc(C)cc2C)CC1. The predicted octanol–water partition coefficient (Wildman–Crippen LogP) is 1.60. The van der Waals surface area contributed by atoms with Crippen LogP contribution in [0.5, 0.6) is 5.75 Å². The second-order valence-electron chi connectivity index (χ2n) is 6.22. The van der Waals surface area contributed by atoms with Gasteiger partial charge in [-0.2, -0.15) is 0 Å². The second-order valence-corrected chi connectivity index (χ2v) is 6.22. The maximum absolute atomic E-state index is 12.3. The molecule has 23 heavy (non-hydrogen) atoms. The first-order valence-corrected chi connectivity index (χ1v) is 8.38. The van der Waals surface area contributed by atoms with Crippen molar-refractivity contribution < 1.29 is 14.6 Å². The molecule has 0 aliphatic carbocycles. The number of aliphatic hydroxyl groups excluding tert-OH is 1. The molecule has 5 nitrogen and oxygen atoms in total. The van der Waals surface area contributed by atoms with Crippen LogP contribution >= 0.6 is 0 Å². The van der Waals surface area contributed by atoms with Crippen molar-refractivity contribution in [2.24, 2.45) is 0 Å². The standard InChI is InChI=1S/C18H28N2O3/c1-4-16(12-21)19-7-9-20(10-8-19)18(22)13-23-17-6-5-14(2)11-15(17)3/h5-6,11,16,21H,4,7-10,12-13H2,1-3H3. The zero-order valence-corrected chi connectivity index (χ0v) is 14.4. The fraction of sp³-hybridized carbons (Fsp3) is 0.611. The maximum Gasteiger partial charge on any atom is 0.260 e. The molecule has 1 N–H and O–H groups in total. The molecule has 2 rings (SSSR count). The molecule has 1 aromatic carbocycles. The summed E-state index contributed by atoms with van der Waals surface area (Å²) in [6, 6.07) is 6.17. The molecule has 5 heteroatoms. The molecule has 1 atom stereocenters. The van der Waals surface area contributed by atoms with Gasteiger partial charge in [-0.25, -0.2) is 0 Å². The Morgan fingerprint density at radius 1 is 1.26 bits per heavy atom. The fourth-order valence-electron chi connectivity index (χ4n) is 3.03. The van der Waals surface area contributed by atoms with Gasteiger partial charge in [-0.3, -0.25) is 9.69 Å². The van der Waals surface area contributed by atoms with Crippen LogP contribution in [0, 0.1) is 13.8 Å². The maximum atomic E-state index is 12.3. The first-order valence-electron chi connectivity index (χ1n) is 8.38. The lowest BCUT2D eigenvalue weighted by atomic mass is 10.1. The Morgan fingerprint density at radius 2 is 1.96 bits per heavy atom. The minimum Gasteiger partial charge on any atom is -0.484 e. The molecule has 0 saturated carbocycles. The molecular weight excluding hydrogens is 292 g/mol. The summed E-state index contributed by atoms with van der Waals surface area (Å²) in [6.07, 6.45) is 0.931. The summed E-state index contributed by atoms with van der Waals surface area (Å²) in [5.41, 5.74) is 2.24. The Morgan fingerprint density at radius 3 is 2.52 bits per heavy atom. The van der Waals surface area contributed by atoms with Crippen LogP contribution in [0.1, 0.15) is 24.5 Å². The average Bonchev–Trinajstić information content (AvgIpc) is 2.55. The lowest BCUT2D eigenvalue weighted by Gasteiger charge is -2.38. The molecule has 1 amide bonds. The van der Waals surface area contributed by atoms with E-state index < -0.39 is 0 Å². The van der Waals surface area contributed by atoms with Gasteiger partial charge >= 0.3 is 0 Å². The van der Waals surface area contributed by atoms with Crippen molar-refractivity contribution in [3.63, 3.8) is 0 Å². The molecule has 1 heterocycles. The smallest absolute Gasteiger partial charge is 0.260 e. The van der Waals surface area contributed by atoms with Crippen molar-refractivity contribution in [1.29, 1.82) is 0 Å². The van der Waals surface area contributed by atoms with Gasteiger partial charge in [0.2, 0.25) is 0 Å². The summed E-state index contributed by atoms with van der Waals surface area (Å²) in [4.78, 5) is 16.4. The van der Waals surface area contributed by atoms with E-state index in [1.54, 1.807) is 0 Å². The Labute approximate surface area is 138 Å². The number of benzene rings is 1. The monoisotopic (exact) mass is 320 g/mol. The first kappa shape index (κ1) is 17.8. The van der Waals surface area contributed by atoms with Crippen LogP contribution in [0.25, 0.3) is 0 Å². The van der Waals surface area contributed by atoms with Crippen LogP contribution in [0.4, 0.5) is 0 Å². The quantitative estimate of drug-likeness (QED) is 0.865. The van der Waals surface area contributed by atoms with E-state index in [-0.39, 0.29) is 25.2 Å². The molecule has 1 aliphatic rings. The summed E-state index contributed by atoms with van der Waals surface area (Å²) in [7, 11) is 0. The van der Waals surface area contributed by atoms with Gasteiger partial charge < -0.3 is 14.7 Å². The fourth-order valence-corrected chi connectivity index (χ4v) is 3.03. The van der Waals surface area contributed by atoms with Gasteiger partial charge in [-0.15, -0.1) is 0 Å². The van der Waals surface area contributed by atoms with Gasteiger partial charge in [-0.05, 0) is 31.9 Å². The Hall–Kier alpha value is -1.59. The molecule has 0 aromatic heterocycles. The number of aryl methyl sites for hydroxylation is 2. The number of amides is 1. The molecular formula is C18H28N2O3. The number of piperazine rings is 1. The third-order valence-electron chi connectivity index (χ3n) is 4.55. The number of rotatable bonds is 6. The van der Waals surface area contributed by atoms with Crippen molar-refractivity contribution in [1.82, 2.24) is 9.80 Å². The highest BCUT2D eigenvalue weighted by atomic mass is 16.5. The van der Waals surface area contributed by atoms with Crippen LogP contribution in [-0.2, 0) is 4.79 Å². The van der Waals surface area contributed by atoms with Crippen molar-refractivity contribution in [2.75, 3.05) is 39.4 Å². The van der Waals surface area contributed by atoms with Gasteiger partial charge in [0, 0.05) is 32.2 Å². The Kier molecular flexibility index (Phi) is 6.42. The molecule has 0 bridgehead atoms. The van der Waals surface area contributed by atoms with Crippen LogP contribution in [0.3, 0.4) is 0 Å². The highest BCUT2D eigenvalue weighted by Crippen LogP contribution is 2.19. The van der Waals surface area contributed by atoms with Crippen molar-refractivity contribution in [2.45, 2.75) is 33.2 Å². The van der Waals surface area contributed by atoms with E-state index in [0.29, 0.717) is 13.1 Å². The van der Waals surface area contributed by atoms with Gasteiger partial charge in [0.05, 0.1) is 6.61 Å². The lowest BCUT2D eigenvalue weighted by Crippen LogP contribution is -2.53. The zero-order valence-electron chi connectivity index (χ0n) is 14.4. The van der Waals surface area contributed by atoms with E-state index in [1.165, 1.54) is 5.56 Å². The van der Waals surface area contributed by atoms with Crippen molar-refractivity contribution in [3.05, 3.63) is 29.3 Å². The number of hydrogen-bond donors (Lipinski definition) is 1. The third-order valence-corrected chi connectivity index (χ3v) is 4.55. The van der Waals surface area contributed by atoms with Gasteiger partial charge in [0.1, 0.15) is 5.75 Å². The lowest BCUT2D eigenvalue weighted by molar-refractivity contribution is -0.135. The highest BCUT2D eigenvalue weighted by Gasteiger charge is 2.25. The molecule has 1 unspecified atom stereocenters. The molecule has 0 radical (unpaired) electrons. The number of carbonyl (C=O) groups excluding carboxylic acids is 1. The predicted molar refractivity (Wildman–Crippen MR) is 90.7 cm³/mol. The number of carbonyl (C=O) groups is 1. The first-order chi connectivity index (χ1) is 11.0. The second kappa shape index (κ2) is 8.31. The topological polar surface area (TPSA) is 53.0 Å². The number of nitrogens with zero attached hydrogens (tertiary/aromatic N) is 2. The largest absolute Gasteiger partial charge is 0.484 e. The summed E-state index contributed by atoms with van der Waals surface area (Å²) in [6.45, 7) is 9.40. The summed E-state index contributed by atoms with van der Waals surface area (Å²) < 4.78 is 5.68. The summed E-state index contributed by atoms with van der Waals surface area (Å²) >= 11 is 0. The minimum atomic E-state index is 0.0293. The zero-order chi connectivity index (χ0) is 16.8.